The van der Waals surface area contributed by atoms with Crippen LogP contribution in [-0.4, -0.2) is 49.0 Å². The molecular formula is C8H17NO2. The third kappa shape index (κ3) is 2.77. The molecule has 0 bridgehead atoms. The van der Waals surface area contributed by atoms with Gasteiger partial charge in [0.15, 0.2) is 0 Å². The molecule has 0 saturated carbocycles. The molecule has 1 unspecified atom stereocenters. The second-order valence-electron chi connectivity index (χ2n) is 3.01. The zero-order valence-corrected chi connectivity index (χ0v) is 7.12. The molecule has 1 N–H and O–H groups in total. The number of aliphatic hydroxyl groups is 1. The third-order valence-corrected chi connectivity index (χ3v) is 2.22. The zero-order chi connectivity index (χ0) is 8.10. The highest BCUT2D eigenvalue weighted by Gasteiger charge is 2.15. The van der Waals surface area contributed by atoms with Gasteiger partial charge in [0, 0.05) is 25.7 Å². The SMILES string of the molecule is CC(CCO)N1CCOCC1. The molecule has 0 aromatic heterocycles. The summed E-state index contributed by atoms with van der Waals surface area (Å²) in [7, 11) is 0. The molecule has 3 heteroatoms. The maximum absolute atomic E-state index is 8.71. The summed E-state index contributed by atoms with van der Waals surface area (Å²) in [6.45, 7) is 6.16. The summed E-state index contributed by atoms with van der Waals surface area (Å²) in [4.78, 5) is 2.36. The largest absolute Gasteiger partial charge is 0.396 e. The van der Waals surface area contributed by atoms with E-state index in [-0.39, 0.29) is 0 Å². The van der Waals surface area contributed by atoms with Gasteiger partial charge >= 0.3 is 0 Å². The van der Waals surface area contributed by atoms with Crippen LogP contribution in [0.15, 0.2) is 0 Å². The van der Waals surface area contributed by atoms with E-state index < -0.39 is 0 Å². The number of morpholine rings is 1. The fourth-order valence-electron chi connectivity index (χ4n) is 1.39. The molecule has 0 amide bonds. The van der Waals surface area contributed by atoms with E-state index in [1.807, 2.05) is 0 Å². The predicted molar refractivity (Wildman–Crippen MR) is 43.6 cm³/mol. The molecule has 1 fully saturated rings. The van der Waals surface area contributed by atoms with E-state index in [9.17, 15) is 0 Å². The first-order valence-electron chi connectivity index (χ1n) is 4.27. The van der Waals surface area contributed by atoms with E-state index in [1.165, 1.54) is 0 Å². The van der Waals surface area contributed by atoms with Crippen molar-refractivity contribution in [3.63, 3.8) is 0 Å². The summed E-state index contributed by atoms with van der Waals surface area (Å²) in [6, 6.07) is 0.504. The topological polar surface area (TPSA) is 32.7 Å². The first-order chi connectivity index (χ1) is 5.34. The number of ether oxygens (including phenoxy) is 1. The lowest BCUT2D eigenvalue weighted by molar-refractivity contribution is 0.0154. The van der Waals surface area contributed by atoms with Crippen molar-refractivity contribution in [3.8, 4) is 0 Å². The summed E-state index contributed by atoms with van der Waals surface area (Å²) < 4.78 is 5.22. The summed E-state index contributed by atoms with van der Waals surface area (Å²) in [5.41, 5.74) is 0. The second-order valence-corrected chi connectivity index (χ2v) is 3.01. The summed E-state index contributed by atoms with van der Waals surface area (Å²) in [6.07, 6.45) is 0.875. The van der Waals surface area contributed by atoms with Gasteiger partial charge in [-0.15, -0.1) is 0 Å². The molecule has 1 saturated heterocycles. The molecule has 1 rings (SSSR count). The minimum Gasteiger partial charge on any atom is -0.396 e. The van der Waals surface area contributed by atoms with Gasteiger partial charge in [-0.1, -0.05) is 0 Å². The lowest BCUT2D eigenvalue weighted by Crippen LogP contribution is -2.42. The first-order valence-corrected chi connectivity index (χ1v) is 4.27. The molecule has 0 spiro atoms. The van der Waals surface area contributed by atoms with E-state index in [2.05, 4.69) is 11.8 Å². The van der Waals surface area contributed by atoms with Crippen LogP contribution in [0.2, 0.25) is 0 Å². The summed E-state index contributed by atoms with van der Waals surface area (Å²) in [5.74, 6) is 0. The van der Waals surface area contributed by atoms with Gasteiger partial charge in [0.2, 0.25) is 0 Å². The van der Waals surface area contributed by atoms with E-state index >= 15 is 0 Å². The highest BCUT2D eigenvalue weighted by atomic mass is 16.5. The lowest BCUT2D eigenvalue weighted by Gasteiger charge is -2.31. The Bertz CT molecular complexity index is 102. The van der Waals surface area contributed by atoms with Crippen LogP contribution in [0.25, 0.3) is 0 Å². The van der Waals surface area contributed by atoms with Crippen molar-refractivity contribution in [1.82, 2.24) is 4.90 Å². The molecule has 1 aliphatic rings. The Kier molecular flexibility index (Phi) is 3.83. The van der Waals surface area contributed by atoms with Crippen molar-refractivity contribution in [1.29, 1.82) is 0 Å². The predicted octanol–water partition coefficient (Wildman–Crippen LogP) is 0.0895. The van der Waals surface area contributed by atoms with Crippen molar-refractivity contribution < 1.29 is 9.84 Å². The van der Waals surface area contributed by atoms with Gasteiger partial charge in [-0.25, -0.2) is 0 Å². The van der Waals surface area contributed by atoms with Gasteiger partial charge < -0.3 is 9.84 Å². The third-order valence-electron chi connectivity index (χ3n) is 2.22. The molecule has 0 radical (unpaired) electrons. The van der Waals surface area contributed by atoms with Crippen molar-refractivity contribution in [2.45, 2.75) is 19.4 Å². The number of aliphatic hydroxyl groups excluding tert-OH is 1. The van der Waals surface area contributed by atoms with E-state index in [0.29, 0.717) is 12.6 Å². The Morgan fingerprint density at radius 2 is 2.09 bits per heavy atom. The number of rotatable bonds is 3. The molecule has 1 atom stereocenters. The molecule has 1 heterocycles. The van der Waals surface area contributed by atoms with Gasteiger partial charge in [-0.3, -0.25) is 4.90 Å². The second kappa shape index (κ2) is 4.70. The average molecular weight is 159 g/mol. The maximum atomic E-state index is 8.71. The molecule has 3 nitrogen and oxygen atoms in total. The van der Waals surface area contributed by atoms with Gasteiger partial charge in [0.05, 0.1) is 13.2 Å². The van der Waals surface area contributed by atoms with Gasteiger partial charge in [-0.2, -0.15) is 0 Å². The maximum Gasteiger partial charge on any atom is 0.0594 e. The van der Waals surface area contributed by atoms with Crippen LogP contribution in [0, 0.1) is 0 Å². The monoisotopic (exact) mass is 159 g/mol. The molecule has 1 aliphatic heterocycles. The van der Waals surface area contributed by atoms with Crippen molar-refractivity contribution in [3.05, 3.63) is 0 Å². The van der Waals surface area contributed by atoms with Crippen LogP contribution in [0.5, 0.6) is 0 Å². The smallest absolute Gasteiger partial charge is 0.0594 e. The van der Waals surface area contributed by atoms with Crippen LogP contribution in [0.1, 0.15) is 13.3 Å². The summed E-state index contributed by atoms with van der Waals surface area (Å²) >= 11 is 0. The van der Waals surface area contributed by atoms with Crippen LogP contribution in [-0.2, 0) is 4.74 Å². The molecule has 0 aliphatic carbocycles. The minimum absolute atomic E-state index is 0.290. The van der Waals surface area contributed by atoms with Crippen LogP contribution in [0.3, 0.4) is 0 Å². The molecule has 11 heavy (non-hydrogen) atoms. The van der Waals surface area contributed by atoms with Crippen LogP contribution < -0.4 is 0 Å². The fourth-order valence-corrected chi connectivity index (χ4v) is 1.39. The van der Waals surface area contributed by atoms with Gasteiger partial charge in [0.25, 0.3) is 0 Å². The molecule has 0 aromatic rings. The first kappa shape index (κ1) is 8.97. The Hall–Kier alpha value is -0.120. The number of hydrogen-bond donors (Lipinski definition) is 1. The van der Waals surface area contributed by atoms with Crippen molar-refractivity contribution >= 4 is 0 Å². The molecule has 66 valence electrons. The standard InChI is InChI=1S/C8H17NO2/c1-8(2-5-10)9-3-6-11-7-4-9/h8,10H,2-7H2,1H3. The van der Waals surface area contributed by atoms with Crippen LogP contribution >= 0.6 is 0 Å². The van der Waals surface area contributed by atoms with E-state index in [0.717, 1.165) is 32.7 Å². The molecular weight excluding hydrogens is 142 g/mol. The van der Waals surface area contributed by atoms with Crippen LogP contribution in [0.4, 0.5) is 0 Å². The van der Waals surface area contributed by atoms with Gasteiger partial charge in [-0.05, 0) is 13.3 Å². The van der Waals surface area contributed by atoms with Crippen molar-refractivity contribution in [2.75, 3.05) is 32.9 Å². The molecule has 0 aromatic carbocycles. The average Bonchev–Trinajstić information content (AvgIpc) is 2.07. The zero-order valence-electron chi connectivity index (χ0n) is 7.12. The van der Waals surface area contributed by atoms with E-state index in [1.54, 1.807) is 0 Å². The quantitative estimate of drug-likeness (QED) is 0.633. The Morgan fingerprint density at radius 3 is 2.64 bits per heavy atom. The van der Waals surface area contributed by atoms with Crippen molar-refractivity contribution in [2.24, 2.45) is 0 Å². The fraction of sp³-hybridized carbons (Fsp3) is 1.00. The normalized spacial score (nSPS) is 23.5. The van der Waals surface area contributed by atoms with Gasteiger partial charge in [0.1, 0.15) is 0 Å². The Labute approximate surface area is 68.0 Å². The lowest BCUT2D eigenvalue weighted by atomic mass is 10.2. The highest BCUT2D eigenvalue weighted by Crippen LogP contribution is 2.05. The Morgan fingerprint density at radius 1 is 1.45 bits per heavy atom. The highest BCUT2D eigenvalue weighted by molar-refractivity contribution is 4.69. The minimum atomic E-state index is 0.290. The van der Waals surface area contributed by atoms with E-state index in [4.69, 9.17) is 9.84 Å². The number of hydrogen-bond acceptors (Lipinski definition) is 3. The number of nitrogens with zero attached hydrogens (tertiary/aromatic N) is 1. The summed E-state index contributed by atoms with van der Waals surface area (Å²) in [5, 5.41) is 8.71. The Balaban J connectivity index is 2.21.